The molecule has 0 aliphatic rings. The number of rotatable bonds is 7. The number of hydrogen-bond donors (Lipinski definition) is 2. The molecule has 1 aromatic carbocycles. The molecule has 98 valence electrons. The Morgan fingerprint density at radius 2 is 1.79 bits per heavy atom. The van der Waals surface area contributed by atoms with Gasteiger partial charge in [0.05, 0.1) is 0 Å². The van der Waals surface area contributed by atoms with Crippen LogP contribution in [0.15, 0.2) is 55.4 Å². The third-order valence-corrected chi connectivity index (χ3v) is 2.66. The fraction of sp³-hybridized carbons (Fsp3) is 0.200. The molecule has 2 rings (SSSR count). The monoisotopic (exact) mass is 254 g/mol. The topological polar surface area (TPSA) is 49.8 Å². The van der Waals surface area contributed by atoms with Crippen molar-refractivity contribution >= 4 is 11.6 Å². The Morgan fingerprint density at radius 1 is 1.05 bits per heavy atom. The second kappa shape index (κ2) is 7.16. The van der Waals surface area contributed by atoms with Crippen molar-refractivity contribution in [3.05, 3.63) is 60.9 Å². The lowest BCUT2D eigenvalue weighted by Crippen LogP contribution is -2.08. The van der Waals surface area contributed by atoms with E-state index in [0.717, 1.165) is 24.6 Å². The standard InChI is InChI=1S/C15H18N4/c1-2-9-16-14-11-15(19-12-18-14)17-10-8-13-6-4-3-5-7-13/h2-7,11-12H,1,8-10H2,(H2,16,17,18,19). The third kappa shape index (κ3) is 4.43. The molecule has 0 atom stereocenters. The largest absolute Gasteiger partial charge is 0.370 e. The lowest BCUT2D eigenvalue weighted by Gasteiger charge is -2.07. The minimum absolute atomic E-state index is 0.695. The summed E-state index contributed by atoms with van der Waals surface area (Å²) in [6, 6.07) is 12.3. The molecule has 0 fully saturated rings. The van der Waals surface area contributed by atoms with Crippen LogP contribution in [0.5, 0.6) is 0 Å². The molecular formula is C15H18N4. The number of aromatic nitrogens is 2. The molecule has 0 radical (unpaired) electrons. The predicted molar refractivity (Wildman–Crippen MR) is 79.4 cm³/mol. The molecule has 1 aromatic heterocycles. The van der Waals surface area contributed by atoms with Gasteiger partial charge in [-0.2, -0.15) is 0 Å². The van der Waals surface area contributed by atoms with Gasteiger partial charge in [-0.05, 0) is 12.0 Å². The number of nitrogens with one attached hydrogen (secondary N) is 2. The van der Waals surface area contributed by atoms with Crippen molar-refractivity contribution in [1.29, 1.82) is 0 Å². The Labute approximate surface area is 113 Å². The van der Waals surface area contributed by atoms with Crippen molar-refractivity contribution in [2.45, 2.75) is 6.42 Å². The summed E-state index contributed by atoms with van der Waals surface area (Å²) in [5.74, 6) is 1.63. The summed E-state index contributed by atoms with van der Waals surface area (Å²) >= 11 is 0. The average molecular weight is 254 g/mol. The molecular weight excluding hydrogens is 236 g/mol. The molecule has 0 bridgehead atoms. The number of hydrogen-bond acceptors (Lipinski definition) is 4. The fourth-order valence-corrected chi connectivity index (χ4v) is 1.71. The van der Waals surface area contributed by atoms with Crippen LogP contribution in [-0.2, 0) is 6.42 Å². The van der Waals surface area contributed by atoms with Crippen molar-refractivity contribution in [1.82, 2.24) is 9.97 Å². The summed E-state index contributed by atoms with van der Waals surface area (Å²) < 4.78 is 0. The molecule has 1 heterocycles. The van der Waals surface area contributed by atoms with E-state index in [1.165, 1.54) is 5.56 Å². The first kappa shape index (κ1) is 13.1. The molecule has 2 aromatic rings. The maximum atomic E-state index is 4.19. The summed E-state index contributed by atoms with van der Waals surface area (Å²) in [7, 11) is 0. The van der Waals surface area contributed by atoms with Gasteiger partial charge in [-0.25, -0.2) is 9.97 Å². The summed E-state index contributed by atoms with van der Waals surface area (Å²) in [5.41, 5.74) is 1.31. The van der Waals surface area contributed by atoms with Crippen LogP contribution < -0.4 is 10.6 Å². The van der Waals surface area contributed by atoms with Crippen LogP contribution in [0.25, 0.3) is 0 Å². The molecule has 0 saturated heterocycles. The lowest BCUT2D eigenvalue weighted by atomic mass is 10.1. The first-order chi connectivity index (χ1) is 9.38. The third-order valence-electron chi connectivity index (χ3n) is 2.66. The predicted octanol–water partition coefficient (Wildman–Crippen LogP) is 2.73. The SMILES string of the molecule is C=CCNc1cc(NCCc2ccccc2)ncn1. The second-order valence-electron chi connectivity index (χ2n) is 4.12. The number of benzene rings is 1. The Balaban J connectivity index is 1.84. The van der Waals surface area contributed by atoms with E-state index in [1.807, 2.05) is 12.1 Å². The van der Waals surface area contributed by atoms with Crippen LogP contribution in [0.2, 0.25) is 0 Å². The van der Waals surface area contributed by atoms with Crippen LogP contribution in [0.1, 0.15) is 5.56 Å². The molecule has 19 heavy (non-hydrogen) atoms. The highest BCUT2D eigenvalue weighted by Gasteiger charge is 1.97. The van der Waals surface area contributed by atoms with Gasteiger partial charge in [0, 0.05) is 19.2 Å². The molecule has 0 aliphatic heterocycles. The van der Waals surface area contributed by atoms with Crippen molar-refractivity contribution in [3.63, 3.8) is 0 Å². The van der Waals surface area contributed by atoms with E-state index >= 15 is 0 Å². The van der Waals surface area contributed by atoms with E-state index in [9.17, 15) is 0 Å². The maximum Gasteiger partial charge on any atom is 0.131 e. The summed E-state index contributed by atoms with van der Waals surface area (Å²) in [5, 5.41) is 6.43. The smallest absolute Gasteiger partial charge is 0.131 e. The molecule has 0 unspecified atom stereocenters. The first-order valence-corrected chi connectivity index (χ1v) is 6.33. The highest BCUT2D eigenvalue weighted by molar-refractivity contribution is 5.46. The molecule has 4 heteroatoms. The van der Waals surface area contributed by atoms with Gasteiger partial charge in [0.1, 0.15) is 18.0 Å². The van der Waals surface area contributed by atoms with Gasteiger partial charge in [0.2, 0.25) is 0 Å². The van der Waals surface area contributed by atoms with E-state index < -0.39 is 0 Å². The molecule has 0 saturated carbocycles. The minimum Gasteiger partial charge on any atom is -0.370 e. The Bertz CT molecular complexity index is 511. The molecule has 0 spiro atoms. The van der Waals surface area contributed by atoms with E-state index in [0.29, 0.717) is 6.54 Å². The zero-order valence-electron chi connectivity index (χ0n) is 10.8. The number of nitrogens with zero attached hydrogens (tertiary/aromatic N) is 2. The molecule has 0 aliphatic carbocycles. The van der Waals surface area contributed by atoms with Crippen LogP contribution in [0.3, 0.4) is 0 Å². The van der Waals surface area contributed by atoms with Gasteiger partial charge in [-0.3, -0.25) is 0 Å². The van der Waals surface area contributed by atoms with Crippen LogP contribution in [-0.4, -0.2) is 23.1 Å². The van der Waals surface area contributed by atoms with E-state index in [1.54, 1.807) is 12.4 Å². The Kier molecular flexibility index (Phi) is 4.93. The van der Waals surface area contributed by atoms with E-state index in [4.69, 9.17) is 0 Å². The van der Waals surface area contributed by atoms with E-state index in [-0.39, 0.29) is 0 Å². The lowest BCUT2D eigenvalue weighted by molar-refractivity contribution is 0.999. The molecule has 4 nitrogen and oxygen atoms in total. The summed E-state index contributed by atoms with van der Waals surface area (Å²) in [4.78, 5) is 8.32. The van der Waals surface area contributed by atoms with Gasteiger partial charge < -0.3 is 10.6 Å². The second-order valence-corrected chi connectivity index (χ2v) is 4.12. The normalized spacial score (nSPS) is 9.89. The van der Waals surface area contributed by atoms with Gasteiger partial charge in [-0.15, -0.1) is 6.58 Å². The van der Waals surface area contributed by atoms with Crippen molar-refractivity contribution < 1.29 is 0 Å². The molecule has 2 N–H and O–H groups in total. The minimum atomic E-state index is 0.695. The van der Waals surface area contributed by atoms with Crippen molar-refractivity contribution in [2.24, 2.45) is 0 Å². The zero-order chi connectivity index (χ0) is 13.3. The van der Waals surface area contributed by atoms with Gasteiger partial charge in [0.25, 0.3) is 0 Å². The van der Waals surface area contributed by atoms with Gasteiger partial charge in [0.15, 0.2) is 0 Å². The highest BCUT2D eigenvalue weighted by Crippen LogP contribution is 2.08. The van der Waals surface area contributed by atoms with Crippen LogP contribution in [0.4, 0.5) is 11.6 Å². The van der Waals surface area contributed by atoms with Crippen molar-refractivity contribution in [3.8, 4) is 0 Å². The maximum absolute atomic E-state index is 4.19. The Morgan fingerprint density at radius 3 is 2.53 bits per heavy atom. The Hall–Kier alpha value is -2.36. The van der Waals surface area contributed by atoms with Gasteiger partial charge >= 0.3 is 0 Å². The highest BCUT2D eigenvalue weighted by atomic mass is 15.1. The first-order valence-electron chi connectivity index (χ1n) is 6.33. The zero-order valence-corrected chi connectivity index (χ0v) is 10.8. The number of anilines is 2. The molecule has 0 amide bonds. The summed E-state index contributed by atoms with van der Waals surface area (Å²) in [6.07, 6.45) is 4.32. The van der Waals surface area contributed by atoms with E-state index in [2.05, 4.69) is 51.4 Å². The van der Waals surface area contributed by atoms with Gasteiger partial charge in [-0.1, -0.05) is 36.4 Å². The fourth-order valence-electron chi connectivity index (χ4n) is 1.71. The van der Waals surface area contributed by atoms with Crippen molar-refractivity contribution in [2.75, 3.05) is 23.7 Å². The van der Waals surface area contributed by atoms with Crippen LogP contribution >= 0.6 is 0 Å². The summed E-state index contributed by atoms with van der Waals surface area (Å²) in [6.45, 7) is 5.20. The average Bonchev–Trinajstić information content (AvgIpc) is 2.47. The quantitative estimate of drug-likeness (QED) is 0.746. The van der Waals surface area contributed by atoms with Crippen LogP contribution in [0, 0.1) is 0 Å².